The molecular weight excluding hydrogens is 396 g/mol. The molecule has 5 rings (SSSR count). The summed E-state index contributed by atoms with van der Waals surface area (Å²) in [6.45, 7) is 3.32. The molecule has 1 N–H and O–H groups in total. The highest BCUT2D eigenvalue weighted by molar-refractivity contribution is 6.30. The normalized spacial score (nSPS) is 17.0. The third-order valence-corrected chi connectivity index (χ3v) is 6.50. The molecule has 1 fully saturated rings. The Morgan fingerprint density at radius 3 is 2.53 bits per heavy atom. The molecule has 6 heteroatoms. The molecule has 0 radical (unpaired) electrons. The first kappa shape index (κ1) is 19.3. The zero-order valence-corrected chi connectivity index (χ0v) is 17.6. The lowest BCUT2D eigenvalue weighted by Crippen LogP contribution is -2.37. The van der Waals surface area contributed by atoms with E-state index in [2.05, 4.69) is 28.6 Å². The molecule has 0 atom stereocenters. The van der Waals surface area contributed by atoms with Crippen LogP contribution < -0.4 is 5.32 Å². The van der Waals surface area contributed by atoms with E-state index < -0.39 is 0 Å². The summed E-state index contributed by atoms with van der Waals surface area (Å²) in [6, 6.07) is 16.1. The molecular formula is C24H25ClN4O. The lowest BCUT2D eigenvalue weighted by molar-refractivity contribution is 0.0732. The van der Waals surface area contributed by atoms with Crippen molar-refractivity contribution in [1.82, 2.24) is 20.0 Å². The second kappa shape index (κ2) is 8.25. The van der Waals surface area contributed by atoms with Crippen molar-refractivity contribution < 1.29 is 4.79 Å². The quantitative estimate of drug-likeness (QED) is 0.691. The summed E-state index contributed by atoms with van der Waals surface area (Å²) in [7, 11) is 0. The number of fused-ring (bicyclic) bond motifs is 1. The number of carbonyl (C=O) groups excluding carboxylic acids is 1. The van der Waals surface area contributed by atoms with Gasteiger partial charge in [0.15, 0.2) is 0 Å². The van der Waals surface area contributed by atoms with Gasteiger partial charge in [0.2, 0.25) is 0 Å². The summed E-state index contributed by atoms with van der Waals surface area (Å²) in [5, 5.41) is 8.77. The van der Waals surface area contributed by atoms with Crippen LogP contribution in [0.2, 0.25) is 5.02 Å². The maximum absolute atomic E-state index is 13.6. The molecule has 30 heavy (non-hydrogen) atoms. The highest BCUT2D eigenvalue weighted by atomic mass is 35.5. The van der Waals surface area contributed by atoms with Crippen LogP contribution in [0.4, 0.5) is 0 Å². The summed E-state index contributed by atoms with van der Waals surface area (Å²) in [5.41, 5.74) is 5.29. The van der Waals surface area contributed by atoms with E-state index in [1.807, 2.05) is 39.9 Å². The molecule has 2 aliphatic heterocycles. The Bertz CT molecular complexity index is 1050. The van der Waals surface area contributed by atoms with Crippen LogP contribution in [0.1, 0.15) is 45.9 Å². The number of hydrogen-bond donors (Lipinski definition) is 1. The Morgan fingerprint density at radius 2 is 1.77 bits per heavy atom. The fraction of sp³-hybridized carbons (Fsp3) is 0.333. The Balaban J connectivity index is 1.51. The second-order valence-electron chi connectivity index (χ2n) is 8.10. The van der Waals surface area contributed by atoms with Gasteiger partial charge in [0.05, 0.1) is 23.1 Å². The van der Waals surface area contributed by atoms with Crippen molar-refractivity contribution >= 4 is 17.5 Å². The van der Waals surface area contributed by atoms with Crippen molar-refractivity contribution in [2.75, 3.05) is 19.6 Å². The minimum Gasteiger partial charge on any atom is -0.334 e. The topological polar surface area (TPSA) is 50.2 Å². The lowest BCUT2D eigenvalue weighted by atomic mass is 9.91. The van der Waals surface area contributed by atoms with Crippen LogP contribution in [0.25, 0.3) is 5.69 Å². The van der Waals surface area contributed by atoms with E-state index in [9.17, 15) is 4.79 Å². The predicted molar refractivity (Wildman–Crippen MR) is 118 cm³/mol. The van der Waals surface area contributed by atoms with Crippen LogP contribution in [0.5, 0.6) is 0 Å². The zero-order valence-electron chi connectivity index (χ0n) is 16.9. The number of halogens is 1. The molecule has 1 amide bonds. The van der Waals surface area contributed by atoms with Gasteiger partial charge in [0, 0.05) is 24.0 Å². The van der Waals surface area contributed by atoms with Gasteiger partial charge in [-0.1, -0.05) is 35.9 Å². The highest BCUT2D eigenvalue weighted by Gasteiger charge is 2.30. The number of piperidine rings is 1. The Hall–Kier alpha value is -2.63. The molecule has 0 saturated carbocycles. The van der Waals surface area contributed by atoms with E-state index in [-0.39, 0.29) is 5.91 Å². The first-order valence-electron chi connectivity index (χ1n) is 10.6. The second-order valence-corrected chi connectivity index (χ2v) is 8.54. The van der Waals surface area contributed by atoms with Gasteiger partial charge in [-0.25, -0.2) is 4.68 Å². The van der Waals surface area contributed by atoms with Crippen molar-refractivity contribution in [3.8, 4) is 5.69 Å². The molecule has 0 bridgehead atoms. The van der Waals surface area contributed by atoms with E-state index >= 15 is 0 Å². The summed E-state index contributed by atoms with van der Waals surface area (Å²) in [4.78, 5) is 15.6. The van der Waals surface area contributed by atoms with Gasteiger partial charge in [-0.3, -0.25) is 4.79 Å². The van der Waals surface area contributed by atoms with Gasteiger partial charge in [-0.05, 0) is 67.7 Å². The number of carbonyl (C=O) groups is 1. The molecule has 0 aliphatic carbocycles. The number of aromatic nitrogens is 2. The summed E-state index contributed by atoms with van der Waals surface area (Å²) in [6.07, 6.45) is 4.66. The largest absolute Gasteiger partial charge is 0.334 e. The van der Waals surface area contributed by atoms with Crippen molar-refractivity contribution in [2.45, 2.75) is 31.7 Å². The Labute approximate surface area is 181 Å². The van der Waals surface area contributed by atoms with E-state index in [4.69, 9.17) is 11.6 Å². The van der Waals surface area contributed by atoms with E-state index in [1.54, 1.807) is 6.20 Å². The van der Waals surface area contributed by atoms with Gasteiger partial charge in [0.25, 0.3) is 5.91 Å². The highest BCUT2D eigenvalue weighted by Crippen LogP contribution is 2.32. The van der Waals surface area contributed by atoms with E-state index in [0.29, 0.717) is 17.5 Å². The summed E-state index contributed by atoms with van der Waals surface area (Å²) in [5.74, 6) is 0.388. The van der Waals surface area contributed by atoms with Gasteiger partial charge in [-0.2, -0.15) is 5.10 Å². The molecule has 0 unspecified atom stereocenters. The lowest BCUT2D eigenvalue weighted by Gasteiger charge is -2.30. The third kappa shape index (κ3) is 3.64. The molecule has 1 aromatic heterocycles. The maximum Gasteiger partial charge on any atom is 0.257 e. The third-order valence-electron chi connectivity index (χ3n) is 6.25. The van der Waals surface area contributed by atoms with Crippen molar-refractivity contribution in [3.63, 3.8) is 0 Å². The van der Waals surface area contributed by atoms with Crippen LogP contribution in [-0.4, -0.2) is 40.2 Å². The fourth-order valence-corrected chi connectivity index (χ4v) is 4.76. The van der Waals surface area contributed by atoms with Crippen LogP contribution >= 0.6 is 11.6 Å². The van der Waals surface area contributed by atoms with Crippen LogP contribution in [-0.2, 0) is 13.0 Å². The van der Waals surface area contributed by atoms with Crippen molar-refractivity contribution in [3.05, 3.63) is 82.1 Å². The molecule has 154 valence electrons. The van der Waals surface area contributed by atoms with E-state index in [0.717, 1.165) is 55.8 Å². The average molecular weight is 421 g/mol. The molecule has 3 heterocycles. The Morgan fingerprint density at radius 1 is 1.03 bits per heavy atom. The number of rotatable bonds is 3. The molecule has 2 aliphatic rings. The standard InChI is InChI=1S/C24H25ClN4O/c25-20-5-7-21(8-6-20)29-23(18-9-12-26-13-10-18)22(15-27-29)24(30)28-14-11-17-3-1-2-4-19(17)16-28/h1-8,15,18,26H,9-14,16H2. The van der Waals surface area contributed by atoms with Crippen molar-refractivity contribution in [2.24, 2.45) is 0 Å². The smallest absolute Gasteiger partial charge is 0.257 e. The minimum atomic E-state index is 0.0817. The fourth-order valence-electron chi connectivity index (χ4n) is 4.64. The monoisotopic (exact) mass is 420 g/mol. The van der Waals surface area contributed by atoms with Gasteiger partial charge >= 0.3 is 0 Å². The molecule has 3 aromatic rings. The first-order valence-corrected chi connectivity index (χ1v) is 11.0. The number of benzene rings is 2. The van der Waals surface area contributed by atoms with Gasteiger partial charge in [0.1, 0.15) is 0 Å². The zero-order chi connectivity index (χ0) is 20.5. The molecule has 5 nitrogen and oxygen atoms in total. The van der Waals surface area contributed by atoms with Crippen LogP contribution in [0.15, 0.2) is 54.7 Å². The minimum absolute atomic E-state index is 0.0817. The average Bonchev–Trinajstić information content (AvgIpc) is 3.24. The molecule has 2 aromatic carbocycles. The summed E-state index contributed by atoms with van der Waals surface area (Å²) >= 11 is 6.09. The van der Waals surface area contributed by atoms with Crippen LogP contribution in [0.3, 0.4) is 0 Å². The Kier molecular flexibility index (Phi) is 5.32. The molecule has 1 saturated heterocycles. The van der Waals surface area contributed by atoms with Gasteiger partial charge in [-0.15, -0.1) is 0 Å². The first-order chi connectivity index (χ1) is 14.7. The number of nitrogens with one attached hydrogen (secondary N) is 1. The molecule has 0 spiro atoms. The SMILES string of the molecule is O=C(c1cnn(-c2ccc(Cl)cc2)c1C1CCNCC1)N1CCc2ccccc2C1. The number of amides is 1. The maximum atomic E-state index is 13.6. The van der Waals surface area contributed by atoms with Crippen molar-refractivity contribution in [1.29, 1.82) is 0 Å². The van der Waals surface area contributed by atoms with Crippen LogP contribution in [0, 0.1) is 0 Å². The number of hydrogen-bond acceptors (Lipinski definition) is 3. The number of nitrogens with zero attached hydrogens (tertiary/aromatic N) is 3. The van der Waals surface area contributed by atoms with E-state index in [1.165, 1.54) is 11.1 Å². The summed E-state index contributed by atoms with van der Waals surface area (Å²) < 4.78 is 1.94. The predicted octanol–water partition coefficient (Wildman–Crippen LogP) is 4.19. The van der Waals surface area contributed by atoms with Gasteiger partial charge < -0.3 is 10.2 Å².